The van der Waals surface area contributed by atoms with Gasteiger partial charge >= 0.3 is 5.97 Å². The number of esters is 1. The van der Waals surface area contributed by atoms with Crippen LogP contribution in [0.1, 0.15) is 29.9 Å². The Morgan fingerprint density at radius 3 is 2.52 bits per heavy atom. The molecule has 0 aliphatic carbocycles. The molecule has 0 aliphatic heterocycles. The number of para-hydroxylation sites is 1. The van der Waals surface area contributed by atoms with Crippen LogP contribution in [-0.4, -0.2) is 22.4 Å². The highest BCUT2D eigenvalue weighted by Gasteiger charge is 2.21. The van der Waals surface area contributed by atoms with E-state index in [1.54, 1.807) is 38.1 Å². The molecule has 0 fully saturated rings. The summed E-state index contributed by atoms with van der Waals surface area (Å²) in [6.07, 6.45) is 0. The predicted octanol–water partition coefficient (Wildman–Crippen LogP) is 4.45. The summed E-state index contributed by atoms with van der Waals surface area (Å²) in [7, 11) is 0. The Morgan fingerprint density at radius 1 is 1.22 bits per heavy atom. The van der Waals surface area contributed by atoms with Crippen molar-refractivity contribution in [3.63, 3.8) is 0 Å². The van der Waals surface area contributed by atoms with E-state index in [4.69, 9.17) is 9.47 Å². The van der Waals surface area contributed by atoms with E-state index >= 15 is 0 Å². The third-order valence-corrected chi connectivity index (χ3v) is 3.85. The Balaban J connectivity index is 2.03. The molecule has 2 aromatic carbocycles. The van der Waals surface area contributed by atoms with Gasteiger partial charge in [-0.3, -0.25) is 4.68 Å². The summed E-state index contributed by atoms with van der Waals surface area (Å²) >= 11 is 0. The first-order chi connectivity index (χ1) is 12.9. The first-order valence-electron chi connectivity index (χ1n) is 8.34. The zero-order valence-electron chi connectivity index (χ0n) is 15.0. The number of nitrogens with zero attached hydrogens (tertiary/aromatic N) is 2. The minimum Gasteiger partial charge on any atom is -0.494 e. The van der Waals surface area contributed by atoms with Crippen LogP contribution in [-0.2, 0) is 11.3 Å². The summed E-state index contributed by atoms with van der Waals surface area (Å²) < 4.78 is 40.3. The Kier molecular flexibility index (Phi) is 5.21. The smallest absolute Gasteiger partial charge is 0.364 e. The molecule has 0 saturated heterocycles. The van der Waals surface area contributed by atoms with E-state index < -0.39 is 17.6 Å². The lowest BCUT2D eigenvalue weighted by molar-refractivity contribution is 0.0622. The minimum absolute atomic E-state index is 0.0559. The first-order valence-corrected chi connectivity index (χ1v) is 8.34. The lowest BCUT2D eigenvalue weighted by Gasteiger charge is -2.09. The molecule has 0 N–H and O–H groups in total. The van der Waals surface area contributed by atoms with Crippen LogP contribution in [0.2, 0.25) is 0 Å². The van der Waals surface area contributed by atoms with Crippen LogP contribution in [0.3, 0.4) is 0 Å². The third-order valence-electron chi connectivity index (χ3n) is 3.85. The molecule has 1 aromatic heterocycles. The monoisotopic (exact) mass is 372 g/mol. The number of rotatable bonds is 6. The maximum Gasteiger partial charge on any atom is 0.364 e. The van der Waals surface area contributed by atoms with Crippen molar-refractivity contribution in [2.45, 2.75) is 20.4 Å². The number of benzene rings is 2. The van der Waals surface area contributed by atoms with Gasteiger partial charge in [0.2, 0.25) is 0 Å². The normalized spacial score (nSPS) is 10.8. The molecule has 0 radical (unpaired) electrons. The van der Waals surface area contributed by atoms with Crippen LogP contribution in [0.25, 0.3) is 10.9 Å². The van der Waals surface area contributed by atoms with Gasteiger partial charge < -0.3 is 9.47 Å². The fourth-order valence-corrected chi connectivity index (χ4v) is 2.74. The molecule has 1 heterocycles. The zero-order chi connectivity index (χ0) is 19.6. The van der Waals surface area contributed by atoms with Crippen molar-refractivity contribution in [3.8, 4) is 5.75 Å². The van der Waals surface area contributed by atoms with Gasteiger partial charge in [-0.1, -0.05) is 24.8 Å². The number of hydrogen-bond acceptors (Lipinski definition) is 4. The maximum absolute atomic E-state index is 14.4. The SMILES string of the molecule is C=C(C)OC(=O)c1nn(Cc2c(F)cc(OCC)cc2F)c2ccccc12. The van der Waals surface area contributed by atoms with Gasteiger partial charge in [-0.05, 0) is 19.9 Å². The zero-order valence-corrected chi connectivity index (χ0v) is 15.0. The second-order valence-electron chi connectivity index (χ2n) is 5.91. The number of halogens is 2. The van der Waals surface area contributed by atoms with Crippen molar-refractivity contribution in [1.29, 1.82) is 0 Å². The van der Waals surface area contributed by atoms with Crippen molar-refractivity contribution >= 4 is 16.9 Å². The molecule has 0 unspecified atom stereocenters. The van der Waals surface area contributed by atoms with Gasteiger partial charge in [0.1, 0.15) is 17.4 Å². The van der Waals surface area contributed by atoms with Gasteiger partial charge in [0.25, 0.3) is 0 Å². The molecule has 3 rings (SSSR count). The largest absolute Gasteiger partial charge is 0.494 e. The van der Waals surface area contributed by atoms with Gasteiger partial charge in [-0.2, -0.15) is 5.10 Å². The van der Waals surface area contributed by atoms with Gasteiger partial charge in [0.05, 0.1) is 24.4 Å². The molecule has 27 heavy (non-hydrogen) atoms. The Morgan fingerprint density at radius 2 is 1.89 bits per heavy atom. The second-order valence-corrected chi connectivity index (χ2v) is 5.91. The van der Waals surface area contributed by atoms with Gasteiger partial charge in [-0.25, -0.2) is 13.6 Å². The lowest BCUT2D eigenvalue weighted by Crippen LogP contribution is -2.09. The van der Waals surface area contributed by atoms with Crippen molar-refractivity contribution in [2.75, 3.05) is 6.61 Å². The molecule has 140 valence electrons. The van der Waals surface area contributed by atoms with E-state index in [9.17, 15) is 13.6 Å². The summed E-state index contributed by atoms with van der Waals surface area (Å²) in [6.45, 7) is 6.92. The number of fused-ring (bicyclic) bond motifs is 1. The molecule has 0 amide bonds. The fourth-order valence-electron chi connectivity index (χ4n) is 2.74. The van der Waals surface area contributed by atoms with Crippen LogP contribution >= 0.6 is 0 Å². The number of hydrogen-bond donors (Lipinski definition) is 0. The number of carbonyl (C=O) groups is 1. The van der Waals surface area contributed by atoms with Gasteiger partial charge in [0.15, 0.2) is 5.69 Å². The quantitative estimate of drug-likeness (QED) is 0.474. The molecule has 0 bridgehead atoms. The number of allylic oxidation sites excluding steroid dienone is 1. The molecule has 7 heteroatoms. The molecule has 0 aliphatic rings. The second kappa shape index (κ2) is 7.57. The van der Waals surface area contributed by atoms with Crippen molar-refractivity contribution in [2.24, 2.45) is 0 Å². The fraction of sp³-hybridized carbons (Fsp3) is 0.200. The molecular formula is C20H18F2N2O3. The molecule has 0 atom stereocenters. The molecular weight excluding hydrogens is 354 g/mol. The highest BCUT2D eigenvalue weighted by molar-refractivity contribution is 6.02. The highest BCUT2D eigenvalue weighted by Crippen LogP contribution is 2.25. The highest BCUT2D eigenvalue weighted by atomic mass is 19.1. The van der Waals surface area contributed by atoms with E-state index in [1.807, 2.05) is 0 Å². The average molecular weight is 372 g/mol. The average Bonchev–Trinajstić information content (AvgIpc) is 2.97. The van der Waals surface area contributed by atoms with Crippen LogP contribution in [0.15, 0.2) is 48.7 Å². The third kappa shape index (κ3) is 3.81. The standard InChI is InChI=1S/C20H18F2N2O3/c1-4-26-13-9-16(21)15(17(22)10-13)11-24-18-8-6-5-7-14(18)19(23-24)20(25)27-12(2)3/h5-10H,2,4,11H2,1,3H3. The van der Waals surface area contributed by atoms with Crippen molar-refractivity contribution < 1.29 is 23.0 Å². The predicted molar refractivity (Wildman–Crippen MR) is 96.6 cm³/mol. The van der Waals surface area contributed by atoms with E-state index in [-0.39, 0.29) is 29.3 Å². The Labute approximate surface area is 154 Å². The first kappa shape index (κ1) is 18.6. The summed E-state index contributed by atoms with van der Waals surface area (Å²) in [4.78, 5) is 12.3. The van der Waals surface area contributed by atoms with E-state index in [1.165, 1.54) is 4.68 Å². The Bertz CT molecular complexity index is 1000. The van der Waals surface area contributed by atoms with Gasteiger partial charge in [-0.15, -0.1) is 0 Å². The molecule has 0 saturated carbocycles. The summed E-state index contributed by atoms with van der Waals surface area (Å²) in [6, 6.07) is 9.15. The van der Waals surface area contributed by atoms with Crippen LogP contribution in [0.5, 0.6) is 5.75 Å². The van der Waals surface area contributed by atoms with Gasteiger partial charge in [0, 0.05) is 23.1 Å². The van der Waals surface area contributed by atoms with E-state index in [0.717, 1.165) is 12.1 Å². The van der Waals surface area contributed by atoms with Crippen molar-refractivity contribution in [3.05, 3.63) is 71.6 Å². The lowest BCUT2D eigenvalue weighted by atomic mass is 10.1. The number of carbonyl (C=O) groups excluding carboxylic acids is 1. The van der Waals surface area contributed by atoms with E-state index in [0.29, 0.717) is 17.5 Å². The molecule has 3 aromatic rings. The number of ether oxygens (including phenoxy) is 2. The van der Waals surface area contributed by atoms with Crippen LogP contribution in [0.4, 0.5) is 8.78 Å². The van der Waals surface area contributed by atoms with Crippen LogP contribution < -0.4 is 4.74 Å². The minimum atomic E-state index is -0.746. The topological polar surface area (TPSA) is 53.3 Å². The molecule has 5 nitrogen and oxygen atoms in total. The molecule has 0 spiro atoms. The van der Waals surface area contributed by atoms with Crippen molar-refractivity contribution in [1.82, 2.24) is 9.78 Å². The maximum atomic E-state index is 14.4. The summed E-state index contributed by atoms with van der Waals surface area (Å²) in [5.41, 5.74) is 0.436. The van der Waals surface area contributed by atoms with E-state index in [2.05, 4.69) is 11.7 Å². The summed E-state index contributed by atoms with van der Waals surface area (Å²) in [5.74, 6) is -1.83. The summed E-state index contributed by atoms with van der Waals surface area (Å²) in [5, 5.41) is 4.74. The Hall–Kier alpha value is -3.22. The number of aromatic nitrogens is 2. The van der Waals surface area contributed by atoms with Crippen LogP contribution in [0, 0.1) is 11.6 Å².